The molecule has 3 amide bonds. The first-order valence-corrected chi connectivity index (χ1v) is 10.3. The molecule has 1 N–H and O–H groups in total. The highest BCUT2D eigenvalue weighted by Gasteiger charge is 2.34. The van der Waals surface area contributed by atoms with Gasteiger partial charge in [-0.2, -0.15) is 0 Å². The van der Waals surface area contributed by atoms with Gasteiger partial charge in [0, 0.05) is 0 Å². The first kappa shape index (κ1) is 22.9. The quantitative estimate of drug-likeness (QED) is 0.358. The van der Waals surface area contributed by atoms with E-state index in [0.717, 1.165) is 11.3 Å². The highest BCUT2D eigenvalue weighted by molar-refractivity contribution is 6.13. The third-order valence-electron chi connectivity index (χ3n) is 4.81. The minimum absolute atomic E-state index is 0.00604. The molecule has 1 atom stereocenters. The number of carbonyl (C=O) groups excluding carboxylic acids is 3. The summed E-state index contributed by atoms with van der Waals surface area (Å²) in [5.74, 6) is 0.297. The predicted octanol–water partition coefficient (Wildman–Crippen LogP) is 3.74. The van der Waals surface area contributed by atoms with Crippen LogP contribution in [-0.2, 0) is 16.1 Å². The fraction of sp³-hybridized carbons (Fsp3) is 0.348. The van der Waals surface area contributed by atoms with Crippen LogP contribution in [0.4, 0.5) is 4.79 Å². The normalized spacial score (nSPS) is 15.6. The maximum atomic E-state index is 12.8. The average molecular weight is 442 g/mol. The molecule has 9 nitrogen and oxygen atoms in total. The Hall–Kier alpha value is -3.75. The summed E-state index contributed by atoms with van der Waals surface area (Å²) in [6, 6.07) is 7.67. The van der Waals surface area contributed by atoms with E-state index in [9.17, 15) is 14.4 Å². The lowest BCUT2D eigenvalue weighted by Crippen LogP contribution is -2.30. The van der Waals surface area contributed by atoms with Crippen LogP contribution in [-0.4, -0.2) is 42.6 Å². The van der Waals surface area contributed by atoms with Crippen molar-refractivity contribution >= 4 is 24.0 Å². The number of esters is 1. The molecular formula is C23H26N2O7. The summed E-state index contributed by atoms with van der Waals surface area (Å²) < 4.78 is 21.5. The molecule has 0 aliphatic carbocycles. The molecule has 0 spiro atoms. The molecule has 1 fully saturated rings. The van der Waals surface area contributed by atoms with E-state index < -0.39 is 17.9 Å². The molecule has 170 valence electrons. The molecule has 0 bridgehead atoms. The molecule has 32 heavy (non-hydrogen) atoms. The number of hydrogen-bond donors (Lipinski definition) is 1. The van der Waals surface area contributed by atoms with Crippen LogP contribution in [0.1, 0.15) is 49.1 Å². The summed E-state index contributed by atoms with van der Waals surface area (Å²) in [6.45, 7) is 6.21. The zero-order valence-electron chi connectivity index (χ0n) is 18.5. The third kappa shape index (κ3) is 5.11. The standard InChI is InChI=1S/C23H26N2O7/c1-5-14(3)31-18-9-7-15(12-20(18)30-6-2)11-17-21(26)25(23(28)24-17)13-16-8-10-19(32-16)22(27)29-4/h7-12,14H,5-6,13H2,1-4H3,(H,24,28)/b17-11-/t14-/m0/s1. The molecule has 2 aromatic rings. The van der Waals surface area contributed by atoms with E-state index in [1.165, 1.54) is 19.2 Å². The molecule has 3 rings (SSSR count). The van der Waals surface area contributed by atoms with Crippen molar-refractivity contribution in [1.29, 1.82) is 0 Å². The molecule has 0 unspecified atom stereocenters. The van der Waals surface area contributed by atoms with Crippen molar-refractivity contribution in [2.45, 2.75) is 39.8 Å². The van der Waals surface area contributed by atoms with Gasteiger partial charge in [0.2, 0.25) is 5.76 Å². The largest absolute Gasteiger partial charge is 0.490 e. The van der Waals surface area contributed by atoms with Gasteiger partial charge in [-0.25, -0.2) is 9.59 Å². The van der Waals surface area contributed by atoms with Crippen LogP contribution in [0.25, 0.3) is 6.08 Å². The lowest BCUT2D eigenvalue weighted by Gasteiger charge is -2.16. The van der Waals surface area contributed by atoms with Crippen molar-refractivity contribution in [3.05, 3.63) is 53.1 Å². The summed E-state index contributed by atoms with van der Waals surface area (Å²) in [5, 5.41) is 2.56. The molecule has 1 aliphatic heterocycles. The summed E-state index contributed by atoms with van der Waals surface area (Å²) >= 11 is 0. The minimum Gasteiger partial charge on any atom is -0.490 e. The second-order valence-electron chi connectivity index (χ2n) is 7.11. The summed E-state index contributed by atoms with van der Waals surface area (Å²) in [4.78, 5) is 37.6. The molecule has 1 aliphatic rings. The highest BCUT2D eigenvalue weighted by Crippen LogP contribution is 2.31. The van der Waals surface area contributed by atoms with Gasteiger partial charge in [0.15, 0.2) is 11.5 Å². The maximum absolute atomic E-state index is 12.8. The Balaban J connectivity index is 1.78. The Morgan fingerprint density at radius 1 is 1.19 bits per heavy atom. The van der Waals surface area contributed by atoms with Gasteiger partial charge in [0.05, 0.1) is 26.4 Å². The van der Waals surface area contributed by atoms with E-state index in [0.29, 0.717) is 23.7 Å². The molecule has 9 heteroatoms. The first-order chi connectivity index (χ1) is 15.4. The number of benzene rings is 1. The van der Waals surface area contributed by atoms with Gasteiger partial charge >= 0.3 is 12.0 Å². The van der Waals surface area contributed by atoms with Crippen molar-refractivity contribution in [2.24, 2.45) is 0 Å². The zero-order chi connectivity index (χ0) is 23.3. The van der Waals surface area contributed by atoms with Crippen molar-refractivity contribution in [2.75, 3.05) is 13.7 Å². The van der Waals surface area contributed by atoms with Gasteiger partial charge < -0.3 is 23.9 Å². The predicted molar refractivity (Wildman–Crippen MR) is 115 cm³/mol. The summed E-state index contributed by atoms with van der Waals surface area (Å²) in [7, 11) is 1.24. The van der Waals surface area contributed by atoms with Crippen molar-refractivity contribution in [3.63, 3.8) is 0 Å². The molecule has 2 heterocycles. The summed E-state index contributed by atoms with van der Waals surface area (Å²) in [6.07, 6.45) is 2.45. The zero-order valence-corrected chi connectivity index (χ0v) is 18.5. The highest BCUT2D eigenvalue weighted by atomic mass is 16.5. The van der Waals surface area contributed by atoms with Gasteiger partial charge in [0.25, 0.3) is 5.91 Å². The van der Waals surface area contributed by atoms with Crippen LogP contribution in [0.2, 0.25) is 0 Å². The van der Waals surface area contributed by atoms with Crippen LogP contribution in [0.3, 0.4) is 0 Å². The van der Waals surface area contributed by atoms with E-state index in [4.69, 9.17) is 13.9 Å². The number of hydrogen-bond acceptors (Lipinski definition) is 7. The number of rotatable bonds is 9. The fourth-order valence-electron chi connectivity index (χ4n) is 2.99. The monoisotopic (exact) mass is 442 g/mol. The molecule has 0 radical (unpaired) electrons. The van der Waals surface area contributed by atoms with Gasteiger partial charge in [-0.15, -0.1) is 0 Å². The van der Waals surface area contributed by atoms with Crippen LogP contribution >= 0.6 is 0 Å². The number of urea groups is 1. The van der Waals surface area contributed by atoms with E-state index in [1.54, 1.807) is 24.3 Å². The van der Waals surface area contributed by atoms with Gasteiger partial charge in [-0.3, -0.25) is 9.69 Å². The molecule has 1 aromatic carbocycles. The maximum Gasteiger partial charge on any atom is 0.373 e. The number of methoxy groups -OCH3 is 1. The number of furan rings is 1. The number of nitrogens with one attached hydrogen (secondary N) is 1. The number of nitrogens with zero attached hydrogens (tertiary/aromatic N) is 1. The SMILES string of the molecule is CCOc1cc(/C=C2\NC(=O)N(Cc3ccc(C(=O)OC)o3)C2=O)ccc1O[C@@H](C)CC. The Morgan fingerprint density at radius 2 is 1.97 bits per heavy atom. The second-order valence-corrected chi connectivity index (χ2v) is 7.11. The van der Waals surface area contributed by atoms with Gasteiger partial charge in [-0.05, 0) is 56.2 Å². The summed E-state index contributed by atoms with van der Waals surface area (Å²) in [5.41, 5.74) is 0.786. The molecule has 0 saturated carbocycles. The van der Waals surface area contributed by atoms with Crippen molar-refractivity contribution < 1.29 is 33.0 Å². The van der Waals surface area contributed by atoms with E-state index >= 15 is 0 Å². The van der Waals surface area contributed by atoms with Crippen molar-refractivity contribution in [1.82, 2.24) is 10.2 Å². The lowest BCUT2D eigenvalue weighted by molar-refractivity contribution is -0.123. The second kappa shape index (κ2) is 10.0. The number of ether oxygens (including phenoxy) is 3. The van der Waals surface area contributed by atoms with E-state index in [1.807, 2.05) is 20.8 Å². The Bertz CT molecular complexity index is 1040. The fourth-order valence-corrected chi connectivity index (χ4v) is 2.99. The van der Waals surface area contributed by atoms with Crippen molar-refractivity contribution in [3.8, 4) is 11.5 Å². The number of carbonyl (C=O) groups is 3. The lowest BCUT2D eigenvalue weighted by atomic mass is 10.1. The van der Waals surface area contributed by atoms with Crippen LogP contribution in [0.5, 0.6) is 11.5 Å². The first-order valence-electron chi connectivity index (χ1n) is 10.3. The average Bonchev–Trinajstić information content (AvgIpc) is 3.35. The smallest absolute Gasteiger partial charge is 0.373 e. The molecule has 1 saturated heterocycles. The van der Waals surface area contributed by atoms with Crippen LogP contribution < -0.4 is 14.8 Å². The number of imide groups is 1. The van der Waals surface area contributed by atoms with E-state index in [-0.39, 0.29) is 29.9 Å². The van der Waals surface area contributed by atoms with Gasteiger partial charge in [0.1, 0.15) is 11.5 Å². The topological polar surface area (TPSA) is 107 Å². The Morgan fingerprint density at radius 3 is 2.66 bits per heavy atom. The molecular weight excluding hydrogens is 416 g/mol. The Kier molecular flexibility index (Phi) is 7.19. The van der Waals surface area contributed by atoms with Crippen LogP contribution in [0, 0.1) is 0 Å². The van der Waals surface area contributed by atoms with Crippen LogP contribution in [0.15, 0.2) is 40.4 Å². The third-order valence-corrected chi connectivity index (χ3v) is 4.81. The minimum atomic E-state index is -0.639. The van der Waals surface area contributed by atoms with E-state index in [2.05, 4.69) is 10.1 Å². The van der Waals surface area contributed by atoms with Gasteiger partial charge in [-0.1, -0.05) is 13.0 Å². The number of amides is 3. The Labute approximate surface area is 185 Å². The molecule has 1 aromatic heterocycles.